The summed E-state index contributed by atoms with van der Waals surface area (Å²) in [6.45, 7) is 5.96. The van der Waals surface area contributed by atoms with Gasteiger partial charge in [0.1, 0.15) is 0 Å². The van der Waals surface area contributed by atoms with Gasteiger partial charge in [0.05, 0.1) is 6.07 Å². The molecular formula is C11H23BF4N-. The van der Waals surface area contributed by atoms with Crippen LogP contribution in [-0.4, -0.2) is 7.25 Å². The maximum atomic E-state index is 9.75. The van der Waals surface area contributed by atoms with E-state index >= 15 is 0 Å². The summed E-state index contributed by atoms with van der Waals surface area (Å²) in [6, 6.07) is 1.75. The van der Waals surface area contributed by atoms with Crippen molar-refractivity contribution in [1.82, 2.24) is 0 Å². The van der Waals surface area contributed by atoms with E-state index < -0.39 is 7.25 Å². The van der Waals surface area contributed by atoms with E-state index in [0.29, 0.717) is 0 Å². The largest absolute Gasteiger partial charge is 0.673 e. The normalized spacial score (nSPS) is 9.29. The van der Waals surface area contributed by atoms with Crippen LogP contribution in [0.25, 0.3) is 0 Å². The van der Waals surface area contributed by atoms with Crippen molar-refractivity contribution in [3.8, 4) is 6.07 Å². The fraction of sp³-hybridized carbons (Fsp3) is 0.909. The lowest BCUT2D eigenvalue weighted by Gasteiger charge is -1.96. The molecule has 0 atom stereocenters. The first-order chi connectivity index (χ1) is 7.83. The van der Waals surface area contributed by atoms with Crippen molar-refractivity contribution in [2.24, 2.45) is 0 Å². The van der Waals surface area contributed by atoms with Gasteiger partial charge in [-0.2, -0.15) is 5.26 Å². The minimum atomic E-state index is -6.00. The summed E-state index contributed by atoms with van der Waals surface area (Å²) < 4.78 is 39.0. The predicted octanol–water partition coefficient (Wildman–Crippen LogP) is 5.59. The van der Waals surface area contributed by atoms with Gasteiger partial charge in [0.25, 0.3) is 0 Å². The molecule has 0 aromatic carbocycles. The zero-order chi connectivity index (χ0) is 14.2. The highest BCUT2D eigenvalue weighted by molar-refractivity contribution is 6.50. The van der Waals surface area contributed by atoms with Crippen LogP contribution in [0.1, 0.15) is 65.7 Å². The summed E-state index contributed by atoms with van der Waals surface area (Å²) in [5.74, 6) is 0. The molecule has 6 heteroatoms. The summed E-state index contributed by atoms with van der Waals surface area (Å²) in [5, 5.41) is 7.32. The lowest BCUT2D eigenvalue weighted by molar-refractivity contribution is 0.368. The molecule has 0 rings (SSSR count). The first-order valence-corrected chi connectivity index (χ1v) is 6.01. The minimum Gasteiger partial charge on any atom is -0.418 e. The Hall–Kier alpha value is -0.725. The summed E-state index contributed by atoms with van der Waals surface area (Å²) >= 11 is 0. The molecule has 0 aliphatic heterocycles. The number of hydrogen-bond donors (Lipinski definition) is 0. The Labute approximate surface area is 102 Å². The van der Waals surface area contributed by atoms with Crippen LogP contribution in [0, 0.1) is 11.3 Å². The number of unbranched alkanes of at least 4 members (excludes halogenated alkanes) is 6. The van der Waals surface area contributed by atoms with E-state index in [9.17, 15) is 17.3 Å². The minimum absolute atomic E-state index is 1.37. The van der Waals surface area contributed by atoms with Crippen LogP contribution < -0.4 is 0 Å². The third-order valence-electron chi connectivity index (χ3n) is 1.71. The molecule has 0 aliphatic carbocycles. The van der Waals surface area contributed by atoms with Gasteiger partial charge in [-0.1, -0.05) is 58.8 Å². The van der Waals surface area contributed by atoms with Crippen molar-refractivity contribution in [2.45, 2.75) is 65.7 Å². The van der Waals surface area contributed by atoms with Gasteiger partial charge >= 0.3 is 7.25 Å². The van der Waals surface area contributed by atoms with Crippen molar-refractivity contribution >= 4 is 7.25 Å². The molecule has 1 nitrogen and oxygen atoms in total. The lowest BCUT2D eigenvalue weighted by Crippen LogP contribution is -2.02. The summed E-state index contributed by atoms with van der Waals surface area (Å²) in [4.78, 5) is 0. The third-order valence-corrected chi connectivity index (χ3v) is 1.71. The molecule has 0 unspecified atom stereocenters. The third kappa shape index (κ3) is 96.7. The quantitative estimate of drug-likeness (QED) is 0.345. The van der Waals surface area contributed by atoms with Gasteiger partial charge < -0.3 is 17.3 Å². The smallest absolute Gasteiger partial charge is 0.418 e. The van der Waals surface area contributed by atoms with E-state index in [1.807, 2.05) is 0 Å². The molecule has 0 saturated heterocycles. The van der Waals surface area contributed by atoms with Crippen LogP contribution in [0.15, 0.2) is 0 Å². The van der Waals surface area contributed by atoms with Gasteiger partial charge in [-0.15, -0.1) is 0 Å². The first kappa shape index (κ1) is 21.5. The highest BCUT2D eigenvalue weighted by Crippen LogP contribution is 2.06. The van der Waals surface area contributed by atoms with E-state index in [4.69, 9.17) is 5.26 Å². The molecule has 0 heterocycles. The molecule has 0 amide bonds. The Morgan fingerprint density at radius 2 is 1.00 bits per heavy atom. The zero-order valence-electron chi connectivity index (χ0n) is 11.0. The van der Waals surface area contributed by atoms with Crippen molar-refractivity contribution in [1.29, 1.82) is 5.26 Å². The van der Waals surface area contributed by atoms with Crippen molar-refractivity contribution < 1.29 is 17.3 Å². The average Bonchev–Trinajstić information content (AvgIpc) is 2.16. The molecule has 0 aromatic rings. The van der Waals surface area contributed by atoms with Gasteiger partial charge in [0.2, 0.25) is 0 Å². The highest BCUT2D eigenvalue weighted by Gasteiger charge is 2.20. The lowest BCUT2D eigenvalue weighted by atomic mass is 10.1. The standard InChI is InChI=1S/C9H20.C2H3N.BF4/c1-3-5-7-9-8-6-4-2;1-2-3;2-1(3,4)5/h3-9H2,1-2H3;1H3;/q;;-1. The second-order valence-corrected chi connectivity index (χ2v) is 3.49. The van der Waals surface area contributed by atoms with Crippen LogP contribution >= 0.6 is 0 Å². The summed E-state index contributed by atoms with van der Waals surface area (Å²) in [6.07, 6.45) is 9.97. The maximum absolute atomic E-state index is 9.75. The van der Waals surface area contributed by atoms with Crippen molar-refractivity contribution in [3.63, 3.8) is 0 Å². The Kier molecular flexibility index (Phi) is 22.4. The average molecular weight is 256 g/mol. The van der Waals surface area contributed by atoms with Crippen LogP contribution in [0.5, 0.6) is 0 Å². The van der Waals surface area contributed by atoms with E-state index in [1.54, 1.807) is 6.07 Å². The van der Waals surface area contributed by atoms with Crippen molar-refractivity contribution in [3.05, 3.63) is 0 Å². The van der Waals surface area contributed by atoms with Crippen LogP contribution in [-0.2, 0) is 0 Å². The zero-order valence-corrected chi connectivity index (χ0v) is 11.0. The molecule has 0 bridgehead atoms. The summed E-state index contributed by atoms with van der Waals surface area (Å²) in [7, 11) is -6.00. The maximum Gasteiger partial charge on any atom is 0.673 e. The molecule has 0 N–H and O–H groups in total. The highest BCUT2D eigenvalue weighted by atomic mass is 19.5. The fourth-order valence-electron chi connectivity index (χ4n) is 1.03. The van der Waals surface area contributed by atoms with E-state index in [2.05, 4.69) is 13.8 Å². The van der Waals surface area contributed by atoms with Gasteiger partial charge in [-0.25, -0.2) is 0 Å². The fourth-order valence-corrected chi connectivity index (χ4v) is 1.03. The molecule has 0 saturated carbocycles. The van der Waals surface area contributed by atoms with E-state index in [0.717, 1.165) is 0 Å². The Bertz CT molecular complexity index is 154. The second kappa shape index (κ2) is 17.7. The second-order valence-electron chi connectivity index (χ2n) is 3.49. The van der Waals surface area contributed by atoms with Gasteiger partial charge in [0, 0.05) is 6.92 Å². The number of nitrogens with zero attached hydrogens (tertiary/aromatic N) is 1. The molecular weight excluding hydrogens is 233 g/mol. The van der Waals surface area contributed by atoms with Crippen molar-refractivity contribution in [2.75, 3.05) is 0 Å². The molecule has 0 aliphatic rings. The molecule has 0 fully saturated rings. The Balaban J connectivity index is -0.000000207. The summed E-state index contributed by atoms with van der Waals surface area (Å²) in [5.41, 5.74) is 0. The number of rotatable bonds is 6. The van der Waals surface area contributed by atoms with Crippen LogP contribution in [0.2, 0.25) is 0 Å². The number of hydrogen-bond acceptors (Lipinski definition) is 1. The van der Waals surface area contributed by atoms with E-state index in [1.165, 1.54) is 51.9 Å². The monoisotopic (exact) mass is 256 g/mol. The van der Waals surface area contributed by atoms with Gasteiger partial charge in [0.15, 0.2) is 0 Å². The predicted molar refractivity (Wildman–Crippen MR) is 65.1 cm³/mol. The van der Waals surface area contributed by atoms with E-state index in [-0.39, 0.29) is 0 Å². The van der Waals surface area contributed by atoms with Gasteiger partial charge in [-0.05, 0) is 0 Å². The number of halogens is 4. The topological polar surface area (TPSA) is 23.8 Å². The Morgan fingerprint density at radius 1 is 0.824 bits per heavy atom. The first-order valence-electron chi connectivity index (χ1n) is 6.01. The molecule has 17 heavy (non-hydrogen) atoms. The Morgan fingerprint density at radius 3 is 1.18 bits per heavy atom. The van der Waals surface area contributed by atoms with Crippen LogP contribution in [0.3, 0.4) is 0 Å². The molecule has 0 spiro atoms. The molecule has 0 radical (unpaired) electrons. The number of nitriles is 1. The molecule has 104 valence electrons. The van der Waals surface area contributed by atoms with Gasteiger partial charge in [-0.3, -0.25) is 0 Å². The molecule has 0 aromatic heterocycles. The SMILES string of the molecule is CC#N.CCCCCCCCC.F[B-](F)(F)F. The van der Waals surface area contributed by atoms with Crippen LogP contribution in [0.4, 0.5) is 17.3 Å².